The highest BCUT2D eigenvalue weighted by molar-refractivity contribution is 5.86. The largest absolute Gasteiger partial charge is 0.463 e. The highest BCUT2D eigenvalue weighted by Crippen LogP contribution is 2.16. The van der Waals surface area contributed by atoms with Crippen molar-refractivity contribution in [2.24, 2.45) is 7.05 Å². The predicted molar refractivity (Wildman–Crippen MR) is 73.4 cm³/mol. The van der Waals surface area contributed by atoms with Crippen LogP contribution in [0.15, 0.2) is 28.9 Å². The van der Waals surface area contributed by atoms with E-state index in [-0.39, 0.29) is 11.8 Å². The van der Waals surface area contributed by atoms with E-state index in [1.807, 2.05) is 24.7 Å². The summed E-state index contributed by atoms with van der Waals surface area (Å²) < 4.78 is 12.1. The molecule has 0 aromatic carbocycles. The van der Waals surface area contributed by atoms with Gasteiger partial charge in [0, 0.05) is 32.4 Å². The topological polar surface area (TPSA) is 69.3 Å². The summed E-state index contributed by atoms with van der Waals surface area (Å²) in [6.45, 7) is 2.76. The van der Waals surface area contributed by atoms with Gasteiger partial charge in [0.25, 0.3) is 0 Å². The van der Waals surface area contributed by atoms with Gasteiger partial charge in [-0.05, 0) is 19.1 Å². The van der Waals surface area contributed by atoms with Crippen LogP contribution in [0.3, 0.4) is 0 Å². The normalized spacial score (nSPS) is 12.3. The van der Waals surface area contributed by atoms with E-state index in [0.717, 1.165) is 18.8 Å². The van der Waals surface area contributed by atoms with Crippen LogP contribution in [0.2, 0.25) is 0 Å². The first-order valence-corrected chi connectivity index (χ1v) is 6.49. The van der Waals surface area contributed by atoms with E-state index in [9.17, 15) is 4.79 Å². The van der Waals surface area contributed by atoms with Gasteiger partial charge in [-0.15, -0.1) is 0 Å². The maximum Gasteiger partial charge on any atom is 0.373 e. The number of nitrogens with zero attached hydrogens (tertiary/aromatic N) is 2. The number of aromatic nitrogens is 2. The van der Waals surface area contributed by atoms with Gasteiger partial charge in [0.1, 0.15) is 11.6 Å². The molecule has 1 N–H and O–H groups in total. The molecule has 2 heterocycles. The Morgan fingerprint density at radius 3 is 3.00 bits per heavy atom. The van der Waals surface area contributed by atoms with Crippen LogP contribution < -0.4 is 5.32 Å². The number of nitrogens with one attached hydrogen (secondary N) is 1. The summed E-state index contributed by atoms with van der Waals surface area (Å²) in [7, 11) is 3.31. The van der Waals surface area contributed by atoms with Crippen LogP contribution in [0.4, 0.5) is 0 Å². The van der Waals surface area contributed by atoms with Crippen LogP contribution in [0.1, 0.15) is 35.1 Å². The number of carbonyl (C=O) groups is 1. The van der Waals surface area contributed by atoms with E-state index >= 15 is 0 Å². The van der Waals surface area contributed by atoms with Crippen LogP contribution in [-0.4, -0.2) is 29.2 Å². The molecule has 0 spiro atoms. The third kappa shape index (κ3) is 3.27. The number of ether oxygens (including phenoxy) is 1. The highest BCUT2D eigenvalue weighted by Gasteiger charge is 2.15. The Balaban J connectivity index is 1.85. The van der Waals surface area contributed by atoms with Crippen LogP contribution in [0.5, 0.6) is 0 Å². The molecule has 6 heteroatoms. The van der Waals surface area contributed by atoms with E-state index in [0.29, 0.717) is 5.76 Å². The molecule has 0 bridgehead atoms. The number of rotatable bonds is 6. The molecule has 0 amide bonds. The summed E-state index contributed by atoms with van der Waals surface area (Å²) in [4.78, 5) is 15.6. The van der Waals surface area contributed by atoms with Crippen LogP contribution >= 0.6 is 0 Å². The summed E-state index contributed by atoms with van der Waals surface area (Å²) >= 11 is 0. The molecular weight excluding hydrogens is 258 g/mol. The van der Waals surface area contributed by atoms with Crippen molar-refractivity contribution in [1.82, 2.24) is 14.9 Å². The number of hydrogen-bond donors (Lipinski definition) is 1. The molecule has 0 aliphatic heterocycles. The van der Waals surface area contributed by atoms with E-state index in [4.69, 9.17) is 4.42 Å². The number of methoxy groups -OCH3 is 1. The predicted octanol–water partition coefficient (Wildman–Crippen LogP) is 1.69. The molecule has 0 aliphatic carbocycles. The minimum absolute atomic E-state index is 0.0219. The van der Waals surface area contributed by atoms with E-state index in [2.05, 4.69) is 15.0 Å². The second kappa shape index (κ2) is 6.38. The first-order valence-electron chi connectivity index (χ1n) is 6.49. The summed E-state index contributed by atoms with van der Waals surface area (Å²) in [6.07, 6.45) is 4.54. The molecule has 0 saturated carbocycles. The molecule has 20 heavy (non-hydrogen) atoms. The maximum absolute atomic E-state index is 11.3. The van der Waals surface area contributed by atoms with Gasteiger partial charge in [0.2, 0.25) is 5.76 Å². The lowest BCUT2D eigenvalue weighted by molar-refractivity contribution is 0.0562. The Morgan fingerprint density at radius 2 is 2.35 bits per heavy atom. The lowest BCUT2D eigenvalue weighted by Crippen LogP contribution is -2.22. The number of esters is 1. The third-order valence-corrected chi connectivity index (χ3v) is 3.16. The fraction of sp³-hybridized carbons (Fsp3) is 0.429. The van der Waals surface area contributed by atoms with Crippen LogP contribution in [0.25, 0.3) is 0 Å². The summed E-state index contributed by atoms with van der Waals surface area (Å²) in [6, 6.07) is 3.43. The van der Waals surface area contributed by atoms with Crippen LogP contribution in [-0.2, 0) is 18.2 Å². The highest BCUT2D eigenvalue weighted by atomic mass is 16.5. The van der Waals surface area contributed by atoms with Gasteiger partial charge in [-0.1, -0.05) is 0 Å². The van der Waals surface area contributed by atoms with Crippen molar-refractivity contribution >= 4 is 5.97 Å². The molecule has 0 radical (unpaired) electrons. The summed E-state index contributed by atoms with van der Waals surface area (Å²) in [5.41, 5.74) is 0. The Kier molecular flexibility index (Phi) is 4.57. The van der Waals surface area contributed by atoms with Gasteiger partial charge in [0.15, 0.2) is 0 Å². The van der Waals surface area contributed by atoms with Crippen molar-refractivity contribution in [3.63, 3.8) is 0 Å². The van der Waals surface area contributed by atoms with Crippen molar-refractivity contribution in [1.29, 1.82) is 0 Å². The van der Waals surface area contributed by atoms with Crippen molar-refractivity contribution in [3.05, 3.63) is 41.9 Å². The van der Waals surface area contributed by atoms with Crippen molar-refractivity contribution < 1.29 is 13.9 Å². The minimum Gasteiger partial charge on any atom is -0.463 e. The standard InChI is InChI=1S/C14H19N3O3/c1-10(11-4-5-12(20-11)14(18)19-3)15-7-6-13-16-8-9-17(13)2/h4-5,8-10,15H,6-7H2,1-3H3. The molecule has 108 valence electrons. The van der Waals surface area contributed by atoms with Crippen LogP contribution in [0, 0.1) is 0 Å². The zero-order valence-electron chi connectivity index (χ0n) is 11.9. The first kappa shape index (κ1) is 14.3. The van der Waals surface area contributed by atoms with Gasteiger partial charge in [-0.2, -0.15) is 0 Å². The van der Waals surface area contributed by atoms with Gasteiger partial charge >= 0.3 is 5.97 Å². The van der Waals surface area contributed by atoms with E-state index in [1.54, 1.807) is 18.3 Å². The minimum atomic E-state index is -0.462. The SMILES string of the molecule is COC(=O)c1ccc(C(C)NCCc2nccn2C)o1. The average Bonchev–Trinajstić information content (AvgIpc) is 3.07. The van der Waals surface area contributed by atoms with E-state index in [1.165, 1.54) is 7.11 Å². The number of furan rings is 1. The van der Waals surface area contributed by atoms with E-state index < -0.39 is 5.97 Å². The molecule has 1 unspecified atom stereocenters. The first-order chi connectivity index (χ1) is 9.61. The Morgan fingerprint density at radius 1 is 1.55 bits per heavy atom. The monoisotopic (exact) mass is 277 g/mol. The lowest BCUT2D eigenvalue weighted by atomic mass is 10.2. The van der Waals surface area contributed by atoms with Gasteiger partial charge in [-0.3, -0.25) is 0 Å². The number of imidazole rings is 1. The summed E-state index contributed by atoms with van der Waals surface area (Å²) in [5.74, 6) is 1.50. The molecule has 2 rings (SSSR count). The third-order valence-electron chi connectivity index (χ3n) is 3.16. The van der Waals surface area contributed by atoms with Crippen molar-refractivity contribution in [2.45, 2.75) is 19.4 Å². The number of hydrogen-bond acceptors (Lipinski definition) is 5. The molecule has 1 atom stereocenters. The molecular formula is C14H19N3O3. The average molecular weight is 277 g/mol. The second-order valence-corrected chi connectivity index (χ2v) is 4.57. The molecule has 0 fully saturated rings. The second-order valence-electron chi connectivity index (χ2n) is 4.57. The number of carbonyl (C=O) groups excluding carboxylic acids is 1. The lowest BCUT2D eigenvalue weighted by Gasteiger charge is -2.11. The molecule has 2 aromatic heterocycles. The summed E-state index contributed by atoms with van der Waals surface area (Å²) in [5, 5.41) is 3.34. The quantitative estimate of drug-likeness (QED) is 0.814. The smallest absolute Gasteiger partial charge is 0.373 e. The molecule has 6 nitrogen and oxygen atoms in total. The fourth-order valence-electron chi connectivity index (χ4n) is 1.93. The van der Waals surface area contributed by atoms with Gasteiger partial charge in [-0.25, -0.2) is 9.78 Å². The Labute approximate surface area is 117 Å². The maximum atomic E-state index is 11.3. The van der Waals surface area contributed by atoms with Crippen molar-refractivity contribution in [3.8, 4) is 0 Å². The van der Waals surface area contributed by atoms with Gasteiger partial charge in [0.05, 0.1) is 13.2 Å². The zero-order chi connectivity index (χ0) is 14.5. The molecule has 0 aliphatic rings. The zero-order valence-corrected chi connectivity index (χ0v) is 11.9. The van der Waals surface area contributed by atoms with Gasteiger partial charge < -0.3 is 19.0 Å². The Bertz CT molecular complexity index is 574. The molecule has 0 saturated heterocycles. The van der Waals surface area contributed by atoms with Crippen molar-refractivity contribution in [2.75, 3.05) is 13.7 Å². The fourth-order valence-corrected chi connectivity index (χ4v) is 1.93. The Hall–Kier alpha value is -2.08. The number of aryl methyl sites for hydroxylation is 1. The molecule has 2 aromatic rings.